The predicted octanol–water partition coefficient (Wildman–Crippen LogP) is 7.40. The second-order valence-electron chi connectivity index (χ2n) is 14.2. The minimum atomic E-state index is -1.19. The molecule has 0 saturated carbocycles. The van der Waals surface area contributed by atoms with Gasteiger partial charge in [0.1, 0.15) is 17.5 Å². The van der Waals surface area contributed by atoms with Crippen molar-refractivity contribution < 1.29 is 13.6 Å². The number of H-pyrrole nitrogens is 1. The Morgan fingerprint density at radius 1 is 1.06 bits per heavy atom. The van der Waals surface area contributed by atoms with Crippen LogP contribution in [0.25, 0.3) is 10.9 Å². The van der Waals surface area contributed by atoms with E-state index in [2.05, 4.69) is 53.8 Å². The summed E-state index contributed by atoms with van der Waals surface area (Å²) in [5, 5.41) is 10.5. The number of fused-ring (bicyclic) bond motifs is 9. The zero-order valence-corrected chi connectivity index (χ0v) is 30.4. The molecule has 3 atom stereocenters. The van der Waals surface area contributed by atoms with Gasteiger partial charge in [-0.2, -0.15) is 11.8 Å². The molecule has 0 fully saturated rings. The van der Waals surface area contributed by atoms with Gasteiger partial charge in [-0.05, 0) is 91.4 Å². The summed E-state index contributed by atoms with van der Waals surface area (Å²) in [7, 11) is 3.57. The zero-order valence-electron chi connectivity index (χ0n) is 28.8. The molecule has 7 nitrogen and oxygen atoms in total. The van der Waals surface area contributed by atoms with Crippen LogP contribution in [-0.4, -0.2) is 48.1 Å². The second kappa shape index (κ2) is 14.1. The second-order valence-corrected chi connectivity index (χ2v) is 16.3. The average Bonchev–Trinajstić information content (AvgIpc) is 3.53. The van der Waals surface area contributed by atoms with Gasteiger partial charge in [0, 0.05) is 47.3 Å². The van der Waals surface area contributed by atoms with Crippen LogP contribution in [0.4, 0.5) is 8.78 Å². The van der Waals surface area contributed by atoms with Gasteiger partial charge in [0.2, 0.25) is 5.91 Å². The number of nitrogens with zero attached hydrogens (tertiary/aromatic N) is 1. The maximum atomic E-state index is 15.9. The Bertz CT molecular complexity index is 1890. The van der Waals surface area contributed by atoms with Crippen molar-refractivity contribution in [3.63, 3.8) is 0 Å². The molecule has 1 aromatic heterocycles. The summed E-state index contributed by atoms with van der Waals surface area (Å²) in [5.41, 5.74) is 10.5. The SMILES string of the molecule is CNC(=O)CCc1cccc([C@@]2(C)CCCC(C)(C)CSCC(NC)c3c(c(F)cc4[nH]ccc34)Sc3ccc(F)c(c3)C3=N[C@]2(N)N3)c1. The Hall–Kier alpha value is -3.38. The fourth-order valence-electron chi connectivity index (χ4n) is 7.01. The molecule has 7 rings (SSSR count). The Labute approximate surface area is 296 Å². The Morgan fingerprint density at radius 3 is 2.61 bits per heavy atom. The number of hydrogen-bond acceptors (Lipinski definition) is 7. The van der Waals surface area contributed by atoms with E-state index >= 15 is 8.78 Å². The molecule has 3 aliphatic heterocycles. The number of amides is 1. The van der Waals surface area contributed by atoms with E-state index in [1.807, 2.05) is 43.2 Å². The molecule has 6 N–H and O–H groups in total. The number of aliphatic imine (C=N–C) groups is 1. The zero-order chi connectivity index (χ0) is 35.0. The van der Waals surface area contributed by atoms with E-state index < -0.39 is 17.0 Å². The molecule has 4 aromatic rings. The molecule has 4 heterocycles. The van der Waals surface area contributed by atoms with Crippen LogP contribution < -0.4 is 21.7 Å². The van der Waals surface area contributed by atoms with E-state index in [0.717, 1.165) is 58.4 Å². The molecule has 0 radical (unpaired) electrons. The number of rotatable bonds is 5. The van der Waals surface area contributed by atoms with Crippen molar-refractivity contribution in [3.05, 3.63) is 94.7 Å². The summed E-state index contributed by atoms with van der Waals surface area (Å²) in [4.78, 5) is 21.3. The largest absolute Gasteiger partial charge is 0.361 e. The van der Waals surface area contributed by atoms with Crippen molar-refractivity contribution >= 4 is 46.2 Å². The number of aromatic nitrogens is 1. The van der Waals surface area contributed by atoms with Crippen LogP contribution in [-0.2, 0) is 16.6 Å². The maximum absolute atomic E-state index is 15.9. The summed E-state index contributed by atoms with van der Waals surface area (Å²) < 4.78 is 31.4. The molecule has 0 saturated heterocycles. The van der Waals surface area contributed by atoms with E-state index in [1.54, 1.807) is 19.2 Å². The molecule has 0 spiro atoms. The number of hydrogen-bond donors (Lipinski definition) is 5. The monoisotopic (exact) mass is 704 g/mol. The number of carbonyl (C=O) groups excluding carboxylic acids is 1. The van der Waals surface area contributed by atoms with Gasteiger partial charge in [0.25, 0.3) is 0 Å². The van der Waals surface area contributed by atoms with Crippen LogP contribution in [0, 0.1) is 17.0 Å². The van der Waals surface area contributed by atoms with Crippen LogP contribution in [0.5, 0.6) is 0 Å². The van der Waals surface area contributed by atoms with Crippen molar-refractivity contribution in [3.8, 4) is 0 Å². The minimum absolute atomic E-state index is 0.00874. The average molecular weight is 705 g/mol. The first-order chi connectivity index (χ1) is 23.4. The third-order valence-corrected chi connectivity index (χ3v) is 12.8. The summed E-state index contributed by atoms with van der Waals surface area (Å²) in [6.45, 7) is 6.71. The molecule has 11 heteroatoms. The third kappa shape index (κ3) is 7.13. The molecule has 0 aliphatic carbocycles. The van der Waals surface area contributed by atoms with Gasteiger partial charge >= 0.3 is 0 Å². The van der Waals surface area contributed by atoms with Crippen molar-refractivity contribution in [1.82, 2.24) is 20.9 Å². The molecular weight excluding hydrogens is 659 g/mol. The molecule has 1 amide bonds. The van der Waals surface area contributed by atoms with Gasteiger partial charge in [0.15, 0.2) is 5.79 Å². The standard InChI is InChI=1S/C38H46F2N6OS2/c1-36(2)15-7-16-37(3,24-9-6-8-23(18-24)10-13-32(47)43-5)38(41)45-35(46-38)27-19-25(11-12-28(27)39)49-34-29(40)20-30-26(14-17-44-30)33(34)31(42-4)21-48-22-36/h6,8-9,11-12,14,17-20,31,42,44H,7,10,13,15-16,21-22,41H2,1-5H3,(H,43,47)(H,45,46)/t31?,37-/m1/s1. The van der Waals surface area contributed by atoms with Crippen molar-refractivity contribution in [2.45, 2.75) is 79.9 Å². The number of nitrogens with two attached hydrogens (primary N) is 1. The molecule has 4 bridgehead atoms. The summed E-state index contributed by atoms with van der Waals surface area (Å²) in [5.74, 6) is 0.106. The Kier molecular flexibility index (Phi) is 10.2. The maximum Gasteiger partial charge on any atom is 0.220 e. The molecule has 3 aromatic carbocycles. The number of amidine groups is 1. The van der Waals surface area contributed by atoms with Gasteiger partial charge in [-0.15, -0.1) is 0 Å². The number of thioether (sulfide) groups is 1. The Morgan fingerprint density at radius 2 is 1.86 bits per heavy atom. The highest BCUT2D eigenvalue weighted by Crippen LogP contribution is 2.45. The highest BCUT2D eigenvalue weighted by molar-refractivity contribution is 7.99. The number of halogens is 2. The summed E-state index contributed by atoms with van der Waals surface area (Å²) in [6.07, 6.45) is 5.44. The van der Waals surface area contributed by atoms with Gasteiger partial charge in [0.05, 0.1) is 15.9 Å². The van der Waals surface area contributed by atoms with Crippen LogP contribution >= 0.6 is 23.5 Å². The van der Waals surface area contributed by atoms with E-state index in [1.165, 1.54) is 23.9 Å². The highest BCUT2D eigenvalue weighted by Gasteiger charge is 2.52. The number of carbonyl (C=O) groups is 1. The lowest BCUT2D eigenvalue weighted by atomic mass is 9.69. The van der Waals surface area contributed by atoms with Gasteiger partial charge in [-0.25, -0.2) is 13.8 Å². The fraction of sp³-hybridized carbons (Fsp3) is 0.421. The van der Waals surface area contributed by atoms with Crippen molar-refractivity contribution in [1.29, 1.82) is 0 Å². The van der Waals surface area contributed by atoms with Crippen LogP contribution in [0.15, 0.2) is 75.6 Å². The lowest BCUT2D eigenvalue weighted by Gasteiger charge is -2.50. The molecule has 3 aliphatic rings. The van der Waals surface area contributed by atoms with E-state index in [9.17, 15) is 4.79 Å². The number of aryl methyl sites for hydroxylation is 1. The van der Waals surface area contributed by atoms with Gasteiger partial charge in [-0.1, -0.05) is 56.3 Å². The van der Waals surface area contributed by atoms with E-state index in [0.29, 0.717) is 34.0 Å². The van der Waals surface area contributed by atoms with Gasteiger partial charge in [-0.3, -0.25) is 10.5 Å². The number of aromatic amines is 1. The fourth-order valence-corrected chi connectivity index (χ4v) is 9.46. The highest BCUT2D eigenvalue weighted by atomic mass is 32.2. The quantitative estimate of drug-likeness (QED) is 0.148. The molecular formula is C38H46F2N6OS2. The van der Waals surface area contributed by atoms with E-state index in [4.69, 9.17) is 10.7 Å². The first kappa shape index (κ1) is 35.4. The summed E-state index contributed by atoms with van der Waals surface area (Å²) in [6, 6.07) is 16.5. The summed E-state index contributed by atoms with van der Waals surface area (Å²) >= 11 is 3.17. The van der Waals surface area contributed by atoms with Crippen molar-refractivity contribution in [2.75, 3.05) is 25.6 Å². The first-order valence-corrected chi connectivity index (χ1v) is 18.8. The lowest BCUT2D eigenvalue weighted by molar-refractivity contribution is -0.120. The first-order valence-electron chi connectivity index (χ1n) is 16.9. The minimum Gasteiger partial charge on any atom is -0.361 e. The predicted molar refractivity (Wildman–Crippen MR) is 198 cm³/mol. The molecule has 1 unspecified atom stereocenters. The third-order valence-electron chi connectivity index (χ3n) is 10.1. The normalized spacial score (nSPS) is 24.1. The van der Waals surface area contributed by atoms with Crippen LogP contribution in [0.2, 0.25) is 0 Å². The Balaban J connectivity index is 1.42. The van der Waals surface area contributed by atoms with E-state index in [-0.39, 0.29) is 23.2 Å². The molecule has 260 valence electrons. The smallest absolute Gasteiger partial charge is 0.220 e. The van der Waals surface area contributed by atoms with Crippen molar-refractivity contribution in [2.24, 2.45) is 16.1 Å². The van der Waals surface area contributed by atoms with Crippen LogP contribution in [0.1, 0.15) is 74.8 Å². The molecule has 49 heavy (non-hydrogen) atoms. The van der Waals surface area contributed by atoms with Gasteiger partial charge < -0.3 is 20.9 Å². The van der Waals surface area contributed by atoms with Crippen LogP contribution in [0.3, 0.4) is 0 Å². The topological polar surface area (TPSA) is 107 Å². The lowest BCUT2D eigenvalue weighted by Crippen LogP contribution is -2.73. The number of benzene rings is 3. The number of nitrogens with one attached hydrogen (secondary N) is 4.